The Kier molecular flexibility index (Phi) is 2.97. The van der Waals surface area contributed by atoms with Gasteiger partial charge in [0.15, 0.2) is 0 Å². The van der Waals surface area contributed by atoms with Crippen LogP contribution in [0.4, 0.5) is 0 Å². The maximum absolute atomic E-state index is 10.1. The Morgan fingerprint density at radius 3 is 2.50 bits per heavy atom. The van der Waals surface area contributed by atoms with E-state index in [0.29, 0.717) is 6.42 Å². The number of hydrogen-bond acceptors (Lipinski definition) is 1. The van der Waals surface area contributed by atoms with Gasteiger partial charge in [0.25, 0.3) is 0 Å². The number of unbranched alkanes of at least 4 members (excludes halogenated alkanes) is 1. The molecule has 1 aliphatic carbocycles. The van der Waals surface area contributed by atoms with Gasteiger partial charge in [-0.05, 0) is 42.7 Å². The largest absolute Gasteiger partial charge is 0.303 e. The summed E-state index contributed by atoms with van der Waals surface area (Å²) < 4.78 is 0. The third-order valence-corrected chi connectivity index (χ3v) is 2.82. The first-order valence-corrected chi connectivity index (χ1v) is 5.42. The number of carbonyl (C=O) groups excluding carboxylic acids is 1. The topological polar surface area (TPSA) is 17.1 Å². The second kappa shape index (κ2) is 4.41. The summed E-state index contributed by atoms with van der Waals surface area (Å²) in [6.07, 6.45) is 6.42. The zero-order valence-corrected chi connectivity index (χ0v) is 8.41. The zero-order chi connectivity index (χ0) is 9.80. The van der Waals surface area contributed by atoms with E-state index in [1.807, 2.05) is 0 Å². The Hall–Kier alpha value is -1.11. The molecule has 0 saturated heterocycles. The van der Waals surface area contributed by atoms with Gasteiger partial charge < -0.3 is 4.79 Å². The van der Waals surface area contributed by atoms with Crippen LogP contribution in [0.3, 0.4) is 0 Å². The van der Waals surface area contributed by atoms with E-state index in [1.54, 1.807) is 0 Å². The number of benzene rings is 1. The summed E-state index contributed by atoms with van der Waals surface area (Å²) in [5.41, 5.74) is 2.85. The lowest BCUT2D eigenvalue weighted by Crippen LogP contribution is -1.87. The molecule has 1 fully saturated rings. The summed E-state index contributed by atoms with van der Waals surface area (Å²) in [5, 5.41) is 0. The lowest BCUT2D eigenvalue weighted by molar-refractivity contribution is -0.107. The van der Waals surface area contributed by atoms with Crippen molar-refractivity contribution >= 4 is 6.29 Å². The fourth-order valence-corrected chi connectivity index (χ4v) is 1.76. The molecule has 1 aromatic carbocycles. The summed E-state index contributed by atoms with van der Waals surface area (Å²) in [4.78, 5) is 10.1. The third-order valence-electron chi connectivity index (χ3n) is 2.82. The number of carbonyl (C=O) groups is 1. The van der Waals surface area contributed by atoms with Crippen LogP contribution < -0.4 is 0 Å². The van der Waals surface area contributed by atoms with Crippen LogP contribution >= 0.6 is 0 Å². The quantitative estimate of drug-likeness (QED) is 0.512. The maximum Gasteiger partial charge on any atom is 0.120 e. The molecule has 1 aromatic rings. The smallest absolute Gasteiger partial charge is 0.120 e. The average Bonchev–Trinajstić information content (AvgIpc) is 3.03. The van der Waals surface area contributed by atoms with Crippen LogP contribution in [0.25, 0.3) is 0 Å². The highest BCUT2D eigenvalue weighted by molar-refractivity contribution is 5.49. The van der Waals surface area contributed by atoms with Crippen LogP contribution in [0.15, 0.2) is 24.3 Å². The Morgan fingerprint density at radius 1 is 1.21 bits per heavy atom. The number of aryl methyl sites for hydroxylation is 1. The van der Waals surface area contributed by atoms with E-state index in [0.717, 1.165) is 25.0 Å². The Morgan fingerprint density at radius 2 is 1.93 bits per heavy atom. The molecule has 0 heterocycles. The highest BCUT2D eigenvalue weighted by Crippen LogP contribution is 2.39. The Balaban J connectivity index is 1.88. The first kappa shape index (κ1) is 9.45. The SMILES string of the molecule is O=CCCCc1ccc(C2CC2)cc1. The van der Waals surface area contributed by atoms with Gasteiger partial charge in [0.05, 0.1) is 0 Å². The molecule has 0 radical (unpaired) electrons. The van der Waals surface area contributed by atoms with Crippen LogP contribution in [0.2, 0.25) is 0 Å². The van der Waals surface area contributed by atoms with Gasteiger partial charge in [0, 0.05) is 6.42 Å². The van der Waals surface area contributed by atoms with Gasteiger partial charge in [-0.1, -0.05) is 24.3 Å². The molecule has 74 valence electrons. The number of hydrogen-bond donors (Lipinski definition) is 0. The van der Waals surface area contributed by atoms with Crippen LogP contribution in [0.5, 0.6) is 0 Å². The summed E-state index contributed by atoms with van der Waals surface area (Å²) in [5.74, 6) is 0.846. The molecule has 0 bridgehead atoms. The second-order valence-corrected chi connectivity index (χ2v) is 4.07. The van der Waals surface area contributed by atoms with Crippen molar-refractivity contribution < 1.29 is 4.79 Å². The summed E-state index contributed by atoms with van der Waals surface area (Å²) in [6.45, 7) is 0. The van der Waals surface area contributed by atoms with Gasteiger partial charge in [-0.15, -0.1) is 0 Å². The predicted molar refractivity (Wildman–Crippen MR) is 57.4 cm³/mol. The Labute approximate surface area is 85.1 Å². The number of aldehydes is 1. The molecule has 14 heavy (non-hydrogen) atoms. The highest BCUT2D eigenvalue weighted by Gasteiger charge is 2.22. The van der Waals surface area contributed by atoms with E-state index in [2.05, 4.69) is 24.3 Å². The van der Waals surface area contributed by atoms with Crippen LogP contribution in [-0.2, 0) is 11.2 Å². The summed E-state index contributed by atoms with van der Waals surface area (Å²) in [7, 11) is 0. The molecule has 1 heteroatoms. The molecule has 0 atom stereocenters. The van der Waals surface area contributed by atoms with Crippen molar-refractivity contribution in [2.75, 3.05) is 0 Å². The minimum Gasteiger partial charge on any atom is -0.303 e. The Bertz CT molecular complexity index is 296. The summed E-state index contributed by atoms with van der Waals surface area (Å²) >= 11 is 0. The lowest BCUT2D eigenvalue weighted by Gasteiger charge is -2.01. The number of rotatable bonds is 5. The molecule has 0 N–H and O–H groups in total. The van der Waals surface area contributed by atoms with Gasteiger partial charge >= 0.3 is 0 Å². The monoisotopic (exact) mass is 188 g/mol. The van der Waals surface area contributed by atoms with Crippen molar-refractivity contribution in [2.24, 2.45) is 0 Å². The molecule has 0 unspecified atom stereocenters. The maximum atomic E-state index is 10.1. The molecule has 0 spiro atoms. The van der Waals surface area contributed by atoms with E-state index in [9.17, 15) is 4.79 Å². The molecular formula is C13H16O. The second-order valence-electron chi connectivity index (χ2n) is 4.07. The van der Waals surface area contributed by atoms with Crippen molar-refractivity contribution in [3.8, 4) is 0 Å². The highest BCUT2D eigenvalue weighted by atomic mass is 16.1. The van der Waals surface area contributed by atoms with Gasteiger partial charge in [0.1, 0.15) is 6.29 Å². The van der Waals surface area contributed by atoms with E-state index >= 15 is 0 Å². The molecule has 1 saturated carbocycles. The molecule has 1 aliphatic rings. The lowest BCUT2D eigenvalue weighted by atomic mass is 10.0. The molecule has 0 aromatic heterocycles. The predicted octanol–water partition coefficient (Wildman–Crippen LogP) is 3.09. The average molecular weight is 188 g/mol. The fourth-order valence-electron chi connectivity index (χ4n) is 1.76. The summed E-state index contributed by atoms with van der Waals surface area (Å²) in [6, 6.07) is 8.90. The first-order valence-electron chi connectivity index (χ1n) is 5.42. The van der Waals surface area contributed by atoms with E-state index in [4.69, 9.17) is 0 Å². The van der Waals surface area contributed by atoms with Crippen molar-refractivity contribution in [1.29, 1.82) is 0 Å². The van der Waals surface area contributed by atoms with Crippen molar-refractivity contribution in [3.05, 3.63) is 35.4 Å². The van der Waals surface area contributed by atoms with Gasteiger partial charge in [0.2, 0.25) is 0 Å². The normalized spacial score (nSPS) is 15.4. The van der Waals surface area contributed by atoms with Crippen molar-refractivity contribution in [1.82, 2.24) is 0 Å². The standard InChI is InChI=1S/C13H16O/c14-10-2-1-3-11-4-6-12(7-5-11)13-8-9-13/h4-7,10,13H,1-3,8-9H2. The van der Waals surface area contributed by atoms with Crippen molar-refractivity contribution in [2.45, 2.75) is 38.0 Å². The molecule has 0 aliphatic heterocycles. The first-order chi connectivity index (χ1) is 6.90. The molecule has 0 amide bonds. The van der Waals surface area contributed by atoms with Gasteiger partial charge in [-0.25, -0.2) is 0 Å². The molecular weight excluding hydrogens is 172 g/mol. The van der Waals surface area contributed by atoms with E-state index in [1.165, 1.54) is 24.0 Å². The van der Waals surface area contributed by atoms with Crippen molar-refractivity contribution in [3.63, 3.8) is 0 Å². The molecule has 1 nitrogen and oxygen atoms in total. The fraction of sp³-hybridized carbons (Fsp3) is 0.462. The van der Waals surface area contributed by atoms with Crippen LogP contribution in [-0.4, -0.2) is 6.29 Å². The zero-order valence-electron chi connectivity index (χ0n) is 8.41. The molecule has 2 rings (SSSR count). The van der Waals surface area contributed by atoms with E-state index in [-0.39, 0.29) is 0 Å². The van der Waals surface area contributed by atoms with Gasteiger partial charge in [-0.2, -0.15) is 0 Å². The minimum absolute atomic E-state index is 0.685. The minimum atomic E-state index is 0.685. The van der Waals surface area contributed by atoms with Gasteiger partial charge in [-0.3, -0.25) is 0 Å². The van der Waals surface area contributed by atoms with Crippen LogP contribution in [0, 0.1) is 0 Å². The third kappa shape index (κ3) is 2.44. The van der Waals surface area contributed by atoms with Crippen LogP contribution in [0.1, 0.15) is 42.7 Å². The van der Waals surface area contributed by atoms with E-state index < -0.39 is 0 Å².